The number of nitrogens with zero attached hydrogens (tertiary/aromatic N) is 2. The summed E-state index contributed by atoms with van der Waals surface area (Å²) < 4.78 is 19.5. The van der Waals surface area contributed by atoms with Crippen molar-refractivity contribution in [3.05, 3.63) is 34.4 Å². The van der Waals surface area contributed by atoms with Crippen LogP contribution in [-0.2, 0) is 0 Å². The van der Waals surface area contributed by atoms with Crippen molar-refractivity contribution in [2.45, 2.75) is 32.7 Å². The van der Waals surface area contributed by atoms with Gasteiger partial charge in [-0.3, -0.25) is 0 Å². The van der Waals surface area contributed by atoms with E-state index in [1.165, 1.54) is 12.1 Å². The van der Waals surface area contributed by atoms with Crippen LogP contribution < -0.4 is 5.32 Å². The van der Waals surface area contributed by atoms with Crippen molar-refractivity contribution < 1.29 is 8.91 Å². The molecule has 0 aliphatic heterocycles. The van der Waals surface area contributed by atoms with E-state index in [2.05, 4.69) is 52.2 Å². The molecular formula is C15H19BrFN3O. The third kappa shape index (κ3) is 3.68. The van der Waals surface area contributed by atoms with E-state index >= 15 is 0 Å². The molecule has 1 aromatic heterocycles. The summed E-state index contributed by atoms with van der Waals surface area (Å²) in [4.78, 5) is 4.45. The number of rotatable bonds is 5. The van der Waals surface area contributed by atoms with Gasteiger partial charge in [0.05, 0.1) is 5.92 Å². The molecule has 114 valence electrons. The number of hydrogen-bond acceptors (Lipinski definition) is 4. The second kappa shape index (κ2) is 6.66. The Kier molecular flexibility index (Phi) is 5.11. The molecule has 0 spiro atoms. The minimum absolute atomic E-state index is 0.105. The summed E-state index contributed by atoms with van der Waals surface area (Å²) in [5.41, 5.74) is 0.594. The van der Waals surface area contributed by atoms with Crippen LogP contribution in [0.3, 0.4) is 0 Å². The van der Waals surface area contributed by atoms with Gasteiger partial charge in [-0.1, -0.05) is 34.9 Å². The van der Waals surface area contributed by atoms with E-state index in [0.717, 1.165) is 0 Å². The van der Waals surface area contributed by atoms with Gasteiger partial charge in [-0.05, 0) is 38.1 Å². The van der Waals surface area contributed by atoms with Gasteiger partial charge in [0.25, 0.3) is 0 Å². The average molecular weight is 356 g/mol. The van der Waals surface area contributed by atoms with Gasteiger partial charge in [-0.2, -0.15) is 4.98 Å². The van der Waals surface area contributed by atoms with Crippen molar-refractivity contribution in [2.24, 2.45) is 5.92 Å². The predicted molar refractivity (Wildman–Crippen MR) is 83.5 cm³/mol. The molecular weight excluding hydrogens is 337 g/mol. The highest BCUT2D eigenvalue weighted by molar-refractivity contribution is 9.10. The van der Waals surface area contributed by atoms with Crippen LogP contribution >= 0.6 is 15.9 Å². The van der Waals surface area contributed by atoms with Crippen molar-refractivity contribution in [3.63, 3.8) is 0 Å². The smallest absolute Gasteiger partial charge is 0.231 e. The van der Waals surface area contributed by atoms with Crippen LogP contribution in [0.15, 0.2) is 27.2 Å². The highest BCUT2D eigenvalue weighted by Crippen LogP contribution is 2.29. The molecule has 1 N–H and O–H groups in total. The minimum atomic E-state index is -0.338. The molecule has 0 saturated heterocycles. The van der Waals surface area contributed by atoms with Crippen LogP contribution in [0.25, 0.3) is 11.4 Å². The maximum Gasteiger partial charge on any atom is 0.231 e. The number of benzene rings is 1. The van der Waals surface area contributed by atoms with Crippen molar-refractivity contribution in [1.82, 2.24) is 15.5 Å². The molecule has 1 aromatic carbocycles. The van der Waals surface area contributed by atoms with Gasteiger partial charge in [0.1, 0.15) is 5.82 Å². The van der Waals surface area contributed by atoms with E-state index in [9.17, 15) is 4.39 Å². The molecule has 0 amide bonds. The topological polar surface area (TPSA) is 51.0 Å². The highest BCUT2D eigenvalue weighted by atomic mass is 79.9. The number of likely N-dealkylation sites (N-methyl/N-ethyl adjacent to an activating group) is 1. The highest BCUT2D eigenvalue weighted by Gasteiger charge is 2.27. The van der Waals surface area contributed by atoms with Crippen molar-refractivity contribution in [3.8, 4) is 11.4 Å². The molecule has 2 unspecified atom stereocenters. The van der Waals surface area contributed by atoms with E-state index in [0.29, 0.717) is 27.7 Å². The summed E-state index contributed by atoms with van der Waals surface area (Å²) in [6.45, 7) is 6.30. The van der Waals surface area contributed by atoms with Crippen molar-refractivity contribution >= 4 is 15.9 Å². The molecule has 0 saturated carbocycles. The Balaban J connectivity index is 2.36. The zero-order valence-electron chi connectivity index (χ0n) is 12.5. The number of hydrogen-bond donors (Lipinski definition) is 1. The molecule has 0 aliphatic carbocycles. The van der Waals surface area contributed by atoms with Crippen LogP contribution in [0.2, 0.25) is 0 Å². The van der Waals surface area contributed by atoms with Gasteiger partial charge in [0, 0.05) is 16.1 Å². The van der Waals surface area contributed by atoms with Crippen LogP contribution in [-0.4, -0.2) is 23.2 Å². The Bertz CT molecular complexity index is 594. The zero-order chi connectivity index (χ0) is 15.6. The molecule has 21 heavy (non-hydrogen) atoms. The minimum Gasteiger partial charge on any atom is -0.339 e. The fourth-order valence-corrected chi connectivity index (χ4v) is 2.89. The van der Waals surface area contributed by atoms with Crippen LogP contribution in [0.1, 0.15) is 32.6 Å². The lowest BCUT2D eigenvalue weighted by molar-refractivity contribution is 0.286. The molecule has 2 atom stereocenters. The number of halogens is 2. The molecule has 2 aromatic rings. The van der Waals surface area contributed by atoms with Crippen LogP contribution in [0.5, 0.6) is 0 Å². The summed E-state index contributed by atoms with van der Waals surface area (Å²) in [5, 5.41) is 7.20. The van der Waals surface area contributed by atoms with Gasteiger partial charge in [-0.25, -0.2) is 4.39 Å². The van der Waals surface area contributed by atoms with Crippen LogP contribution in [0.4, 0.5) is 4.39 Å². The Morgan fingerprint density at radius 3 is 2.52 bits per heavy atom. The van der Waals surface area contributed by atoms with E-state index in [1.807, 2.05) is 7.05 Å². The Morgan fingerprint density at radius 2 is 1.95 bits per heavy atom. The third-order valence-corrected chi connectivity index (χ3v) is 4.02. The first-order chi connectivity index (χ1) is 9.92. The van der Waals surface area contributed by atoms with Crippen molar-refractivity contribution in [2.75, 3.05) is 7.05 Å². The van der Waals surface area contributed by atoms with Crippen LogP contribution in [0, 0.1) is 11.7 Å². The van der Waals surface area contributed by atoms with E-state index in [-0.39, 0.29) is 17.8 Å². The standard InChI is InChI=1S/C15H19BrFN3O/c1-8(2)13(9(3)18-4)15-19-14(20-21-15)10-5-11(16)7-12(17)6-10/h5-9,13,18H,1-4H3. The lowest BCUT2D eigenvalue weighted by Crippen LogP contribution is -2.32. The monoisotopic (exact) mass is 355 g/mol. The normalized spacial score (nSPS) is 14.4. The molecule has 0 aliphatic rings. The average Bonchev–Trinajstić information content (AvgIpc) is 2.86. The zero-order valence-corrected chi connectivity index (χ0v) is 14.1. The molecule has 0 bridgehead atoms. The Hall–Kier alpha value is -1.27. The lowest BCUT2D eigenvalue weighted by atomic mass is 9.89. The molecule has 6 heteroatoms. The number of nitrogens with one attached hydrogen (secondary N) is 1. The molecule has 0 radical (unpaired) electrons. The largest absolute Gasteiger partial charge is 0.339 e. The van der Waals surface area contributed by atoms with Gasteiger partial charge >= 0.3 is 0 Å². The molecule has 4 nitrogen and oxygen atoms in total. The Labute approximate surface area is 132 Å². The first-order valence-corrected chi connectivity index (χ1v) is 7.69. The fraction of sp³-hybridized carbons (Fsp3) is 0.467. The van der Waals surface area contributed by atoms with Gasteiger partial charge in [0.2, 0.25) is 11.7 Å². The molecule has 1 heterocycles. The van der Waals surface area contributed by atoms with Gasteiger partial charge < -0.3 is 9.84 Å². The summed E-state index contributed by atoms with van der Waals surface area (Å²) in [7, 11) is 1.90. The number of aromatic nitrogens is 2. The lowest BCUT2D eigenvalue weighted by Gasteiger charge is -2.23. The quantitative estimate of drug-likeness (QED) is 0.880. The third-order valence-electron chi connectivity index (χ3n) is 3.56. The molecule has 0 fully saturated rings. The fourth-order valence-electron chi connectivity index (χ4n) is 2.43. The summed E-state index contributed by atoms with van der Waals surface area (Å²) in [6, 6.07) is 4.76. The summed E-state index contributed by atoms with van der Waals surface area (Å²) >= 11 is 3.27. The van der Waals surface area contributed by atoms with E-state index < -0.39 is 0 Å². The molecule has 2 rings (SSSR count). The predicted octanol–water partition coefficient (Wildman–Crippen LogP) is 3.99. The second-order valence-electron chi connectivity index (χ2n) is 5.46. The summed E-state index contributed by atoms with van der Waals surface area (Å²) in [5.74, 6) is 1.09. The second-order valence-corrected chi connectivity index (χ2v) is 6.38. The first-order valence-electron chi connectivity index (χ1n) is 6.89. The maximum absolute atomic E-state index is 13.5. The Morgan fingerprint density at radius 1 is 1.24 bits per heavy atom. The van der Waals surface area contributed by atoms with E-state index in [1.54, 1.807) is 6.07 Å². The summed E-state index contributed by atoms with van der Waals surface area (Å²) in [6.07, 6.45) is 0. The van der Waals surface area contributed by atoms with Crippen molar-refractivity contribution in [1.29, 1.82) is 0 Å². The van der Waals surface area contributed by atoms with Gasteiger partial charge in [0.15, 0.2) is 0 Å². The van der Waals surface area contributed by atoms with Gasteiger partial charge in [-0.15, -0.1) is 0 Å². The maximum atomic E-state index is 13.5. The SMILES string of the molecule is CNC(C)C(c1nc(-c2cc(F)cc(Br)c2)no1)C(C)C. The first kappa shape index (κ1) is 16.1. The van der Waals surface area contributed by atoms with E-state index in [4.69, 9.17) is 4.52 Å².